The van der Waals surface area contributed by atoms with Crippen LogP contribution in [0.2, 0.25) is 5.02 Å². The van der Waals surface area contributed by atoms with Crippen molar-refractivity contribution in [1.82, 2.24) is 5.32 Å². The summed E-state index contributed by atoms with van der Waals surface area (Å²) < 4.78 is 12.8. The van der Waals surface area contributed by atoms with Crippen molar-refractivity contribution in [1.29, 1.82) is 0 Å². The van der Waals surface area contributed by atoms with Gasteiger partial charge in [-0.25, -0.2) is 4.39 Å². The molecule has 1 nitrogen and oxygen atoms in total. The molecule has 17 heavy (non-hydrogen) atoms. The summed E-state index contributed by atoms with van der Waals surface area (Å²) in [5.41, 5.74) is 3.01. The molecule has 0 spiro atoms. The van der Waals surface area contributed by atoms with E-state index in [-0.39, 0.29) is 5.82 Å². The van der Waals surface area contributed by atoms with Crippen molar-refractivity contribution in [2.75, 3.05) is 7.05 Å². The van der Waals surface area contributed by atoms with Crippen LogP contribution in [0.25, 0.3) is 11.1 Å². The Morgan fingerprint density at radius 2 is 1.71 bits per heavy atom. The van der Waals surface area contributed by atoms with Gasteiger partial charge >= 0.3 is 0 Å². The van der Waals surface area contributed by atoms with Crippen LogP contribution in [0.1, 0.15) is 5.56 Å². The Kier molecular flexibility index (Phi) is 3.77. The highest BCUT2D eigenvalue weighted by Gasteiger charge is 2.03. The van der Waals surface area contributed by atoms with Gasteiger partial charge in [0.1, 0.15) is 5.82 Å². The average Bonchev–Trinajstić information content (AvgIpc) is 2.33. The van der Waals surface area contributed by atoms with Crippen LogP contribution in [0.3, 0.4) is 0 Å². The predicted octanol–water partition coefficient (Wildman–Crippen LogP) is 3.87. The molecule has 0 heterocycles. The molecule has 0 fully saturated rings. The number of hydrogen-bond acceptors (Lipinski definition) is 1. The fourth-order valence-electron chi connectivity index (χ4n) is 1.70. The lowest BCUT2D eigenvalue weighted by Gasteiger charge is -2.07. The third kappa shape index (κ3) is 2.84. The molecule has 2 aromatic rings. The zero-order chi connectivity index (χ0) is 12.3. The summed E-state index contributed by atoms with van der Waals surface area (Å²) in [7, 11) is 1.88. The van der Waals surface area contributed by atoms with E-state index in [1.807, 2.05) is 25.2 Å². The molecular formula is C14H13ClFN. The maximum Gasteiger partial charge on any atom is 0.123 e. The van der Waals surface area contributed by atoms with Gasteiger partial charge in [-0.2, -0.15) is 0 Å². The summed E-state index contributed by atoms with van der Waals surface area (Å²) in [6.45, 7) is 0.739. The van der Waals surface area contributed by atoms with Gasteiger partial charge < -0.3 is 5.32 Å². The zero-order valence-corrected chi connectivity index (χ0v) is 10.3. The second-order valence-corrected chi connectivity index (χ2v) is 4.25. The Balaban J connectivity index is 2.34. The van der Waals surface area contributed by atoms with Gasteiger partial charge in [0, 0.05) is 11.6 Å². The predicted molar refractivity (Wildman–Crippen MR) is 69.6 cm³/mol. The molecule has 0 amide bonds. The second-order valence-electron chi connectivity index (χ2n) is 3.84. The first-order valence-corrected chi connectivity index (χ1v) is 5.77. The Morgan fingerprint density at radius 1 is 1.06 bits per heavy atom. The van der Waals surface area contributed by atoms with Crippen LogP contribution in [0.5, 0.6) is 0 Å². The first kappa shape index (κ1) is 12.1. The van der Waals surface area contributed by atoms with Crippen molar-refractivity contribution in [3.63, 3.8) is 0 Å². The molecule has 88 valence electrons. The number of nitrogens with one attached hydrogen (secondary N) is 1. The maximum atomic E-state index is 12.8. The van der Waals surface area contributed by atoms with Crippen LogP contribution in [-0.2, 0) is 6.54 Å². The lowest BCUT2D eigenvalue weighted by molar-refractivity contribution is 0.628. The van der Waals surface area contributed by atoms with E-state index >= 15 is 0 Å². The molecule has 0 aliphatic heterocycles. The summed E-state index contributed by atoms with van der Waals surface area (Å²) >= 11 is 6.18. The Labute approximate surface area is 105 Å². The van der Waals surface area contributed by atoms with Crippen LogP contribution in [0.4, 0.5) is 4.39 Å². The van der Waals surface area contributed by atoms with Crippen molar-refractivity contribution >= 4 is 11.6 Å². The number of benzene rings is 2. The summed E-state index contributed by atoms with van der Waals surface area (Å²) in [5.74, 6) is -0.230. The Morgan fingerprint density at radius 3 is 2.29 bits per heavy atom. The normalized spacial score (nSPS) is 10.5. The van der Waals surface area contributed by atoms with Crippen molar-refractivity contribution in [2.45, 2.75) is 6.54 Å². The average molecular weight is 250 g/mol. The molecule has 1 N–H and O–H groups in total. The minimum Gasteiger partial charge on any atom is -0.316 e. The maximum absolute atomic E-state index is 12.8. The van der Waals surface area contributed by atoms with Gasteiger partial charge in [-0.15, -0.1) is 0 Å². The molecule has 0 unspecified atom stereocenters. The molecule has 0 atom stereocenters. The topological polar surface area (TPSA) is 12.0 Å². The molecule has 0 aliphatic carbocycles. The number of halogens is 2. The molecule has 0 aliphatic rings. The van der Waals surface area contributed by atoms with E-state index < -0.39 is 0 Å². The summed E-state index contributed by atoms with van der Waals surface area (Å²) in [6, 6.07) is 12.3. The van der Waals surface area contributed by atoms with Crippen molar-refractivity contribution in [3.8, 4) is 11.1 Å². The van der Waals surface area contributed by atoms with E-state index in [0.717, 1.165) is 28.3 Å². The number of rotatable bonds is 3. The molecule has 0 aromatic heterocycles. The third-order valence-corrected chi connectivity index (χ3v) is 2.95. The molecule has 3 heteroatoms. The third-order valence-electron chi connectivity index (χ3n) is 2.60. The van der Waals surface area contributed by atoms with Crippen LogP contribution in [0, 0.1) is 5.82 Å². The Hall–Kier alpha value is -1.38. The Bertz CT molecular complexity index is 508. The van der Waals surface area contributed by atoms with Gasteiger partial charge in [0.15, 0.2) is 0 Å². The van der Waals surface area contributed by atoms with Crippen LogP contribution < -0.4 is 5.32 Å². The van der Waals surface area contributed by atoms with Gasteiger partial charge in [0.05, 0.1) is 0 Å². The fraction of sp³-hybridized carbons (Fsp3) is 0.143. The van der Waals surface area contributed by atoms with Crippen molar-refractivity contribution in [3.05, 3.63) is 58.9 Å². The summed E-state index contributed by atoms with van der Waals surface area (Å²) in [5, 5.41) is 3.78. The van der Waals surface area contributed by atoms with E-state index in [9.17, 15) is 4.39 Å². The highest BCUT2D eigenvalue weighted by Crippen LogP contribution is 2.25. The minimum atomic E-state index is -0.230. The molecule has 2 aromatic carbocycles. The van der Waals surface area contributed by atoms with E-state index in [1.54, 1.807) is 12.1 Å². The highest BCUT2D eigenvalue weighted by molar-refractivity contribution is 6.31. The lowest BCUT2D eigenvalue weighted by Crippen LogP contribution is -2.05. The van der Waals surface area contributed by atoms with Crippen LogP contribution in [-0.4, -0.2) is 7.05 Å². The SMILES string of the molecule is CNCc1ccc(-c2ccc(F)cc2)cc1Cl. The van der Waals surface area contributed by atoms with E-state index in [2.05, 4.69) is 5.32 Å². The highest BCUT2D eigenvalue weighted by atomic mass is 35.5. The zero-order valence-electron chi connectivity index (χ0n) is 9.50. The monoisotopic (exact) mass is 249 g/mol. The molecule has 2 rings (SSSR count). The first-order chi connectivity index (χ1) is 8.20. The minimum absolute atomic E-state index is 0.230. The molecule has 0 saturated heterocycles. The van der Waals surface area contributed by atoms with Gasteiger partial charge in [0.2, 0.25) is 0 Å². The largest absolute Gasteiger partial charge is 0.316 e. The van der Waals surface area contributed by atoms with E-state index in [1.165, 1.54) is 12.1 Å². The van der Waals surface area contributed by atoms with Crippen LogP contribution >= 0.6 is 11.6 Å². The van der Waals surface area contributed by atoms with E-state index in [4.69, 9.17) is 11.6 Å². The van der Waals surface area contributed by atoms with Crippen molar-refractivity contribution < 1.29 is 4.39 Å². The van der Waals surface area contributed by atoms with Gasteiger partial charge in [-0.3, -0.25) is 0 Å². The summed E-state index contributed by atoms with van der Waals surface area (Å²) in [4.78, 5) is 0. The first-order valence-electron chi connectivity index (χ1n) is 5.39. The van der Waals surface area contributed by atoms with Gasteiger partial charge in [-0.1, -0.05) is 35.9 Å². The fourth-order valence-corrected chi connectivity index (χ4v) is 1.95. The molecule has 0 saturated carbocycles. The smallest absolute Gasteiger partial charge is 0.123 e. The van der Waals surface area contributed by atoms with Crippen molar-refractivity contribution in [2.24, 2.45) is 0 Å². The quantitative estimate of drug-likeness (QED) is 0.871. The molecular weight excluding hydrogens is 237 g/mol. The van der Waals surface area contributed by atoms with Gasteiger partial charge in [0.25, 0.3) is 0 Å². The standard InChI is InChI=1S/C14H13ClFN/c1-17-9-12-3-2-11(8-14(12)15)10-4-6-13(16)7-5-10/h2-8,17H,9H2,1H3. The lowest BCUT2D eigenvalue weighted by atomic mass is 10.0. The van der Waals surface area contributed by atoms with Crippen LogP contribution in [0.15, 0.2) is 42.5 Å². The molecule has 0 radical (unpaired) electrons. The molecule has 0 bridgehead atoms. The second kappa shape index (κ2) is 5.30. The number of hydrogen-bond donors (Lipinski definition) is 1. The van der Waals surface area contributed by atoms with E-state index in [0.29, 0.717) is 0 Å². The summed E-state index contributed by atoms with van der Waals surface area (Å²) in [6.07, 6.45) is 0. The van der Waals surface area contributed by atoms with Gasteiger partial charge in [-0.05, 0) is 41.9 Å².